The molecule has 0 aliphatic heterocycles. The van der Waals surface area contributed by atoms with Crippen LogP contribution in [0.1, 0.15) is 27.2 Å². The van der Waals surface area contributed by atoms with E-state index in [1.54, 1.807) is 0 Å². The average molecular weight is 175 g/mol. The highest BCUT2D eigenvalue weighted by Crippen LogP contribution is 2.06. The molecule has 1 atom stereocenters. The van der Waals surface area contributed by atoms with Crippen LogP contribution in [-0.4, -0.2) is 37.0 Å². The van der Waals surface area contributed by atoms with Crippen LogP contribution in [0.25, 0.3) is 0 Å². The van der Waals surface area contributed by atoms with Crippen LogP contribution in [-0.2, 0) is 4.74 Å². The van der Waals surface area contributed by atoms with Gasteiger partial charge >= 0.3 is 0 Å². The molecule has 0 saturated heterocycles. The quantitative estimate of drug-likeness (QED) is 0.562. The van der Waals surface area contributed by atoms with Gasteiger partial charge in [0.2, 0.25) is 0 Å². The second-order valence-corrected chi connectivity index (χ2v) is 3.20. The van der Waals surface area contributed by atoms with Crippen molar-refractivity contribution in [2.45, 2.75) is 32.7 Å². The predicted molar refractivity (Wildman–Crippen MR) is 50.3 cm³/mol. The van der Waals surface area contributed by atoms with E-state index in [2.05, 4.69) is 12.2 Å². The van der Waals surface area contributed by atoms with Gasteiger partial charge in [-0.25, -0.2) is 0 Å². The molecule has 0 aliphatic carbocycles. The van der Waals surface area contributed by atoms with Crippen LogP contribution in [0.5, 0.6) is 0 Å². The van der Waals surface area contributed by atoms with Gasteiger partial charge in [0, 0.05) is 18.7 Å². The molecular weight excluding hydrogens is 154 g/mol. The van der Waals surface area contributed by atoms with E-state index in [9.17, 15) is 0 Å². The summed E-state index contributed by atoms with van der Waals surface area (Å²) in [7, 11) is 0. The second kappa shape index (κ2) is 6.40. The van der Waals surface area contributed by atoms with Crippen molar-refractivity contribution >= 4 is 0 Å². The van der Waals surface area contributed by atoms with Crippen molar-refractivity contribution in [2.75, 3.05) is 26.4 Å². The van der Waals surface area contributed by atoms with E-state index in [4.69, 9.17) is 9.84 Å². The number of rotatable bonds is 7. The van der Waals surface area contributed by atoms with E-state index in [-0.39, 0.29) is 12.1 Å². The summed E-state index contributed by atoms with van der Waals surface area (Å²) >= 11 is 0. The average Bonchev–Trinajstić information content (AvgIpc) is 2.12. The van der Waals surface area contributed by atoms with E-state index >= 15 is 0 Å². The predicted octanol–water partition coefficient (Wildman–Crippen LogP) is 0.773. The van der Waals surface area contributed by atoms with Gasteiger partial charge in [0.25, 0.3) is 0 Å². The number of aliphatic hydroxyl groups is 1. The number of ether oxygens (including phenoxy) is 1. The first-order valence-corrected chi connectivity index (χ1v) is 4.62. The fraction of sp³-hybridized carbons (Fsp3) is 1.00. The first-order chi connectivity index (χ1) is 5.68. The number of aliphatic hydroxyl groups excluding tert-OH is 1. The minimum Gasteiger partial charge on any atom is -0.394 e. The maximum Gasteiger partial charge on any atom is 0.0610 e. The molecule has 0 rings (SSSR count). The molecule has 0 aromatic rings. The first kappa shape index (κ1) is 11.9. The zero-order valence-electron chi connectivity index (χ0n) is 8.39. The second-order valence-electron chi connectivity index (χ2n) is 3.20. The molecule has 0 bridgehead atoms. The molecule has 1 unspecified atom stereocenters. The summed E-state index contributed by atoms with van der Waals surface area (Å²) in [6, 6.07) is 0. The maximum absolute atomic E-state index is 9.04. The van der Waals surface area contributed by atoms with Crippen LogP contribution in [0.2, 0.25) is 0 Å². The van der Waals surface area contributed by atoms with Crippen molar-refractivity contribution in [3.63, 3.8) is 0 Å². The Morgan fingerprint density at radius 3 is 2.50 bits per heavy atom. The van der Waals surface area contributed by atoms with Crippen molar-refractivity contribution in [1.82, 2.24) is 5.32 Å². The van der Waals surface area contributed by atoms with Crippen molar-refractivity contribution in [3.05, 3.63) is 0 Å². The highest BCUT2D eigenvalue weighted by atomic mass is 16.5. The van der Waals surface area contributed by atoms with Crippen molar-refractivity contribution < 1.29 is 9.84 Å². The molecule has 3 heteroatoms. The Labute approximate surface area is 75.1 Å². The molecule has 3 nitrogen and oxygen atoms in total. The standard InChI is InChI=1S/C9H21NO2/c1-4-9(3,8-11)10-6-7-12-5-2/h10-11H,4-8H2,1-3H3. The van der Waals surface area contributed by atoms with Crippen molar-refractivity contribution in [2.24, 2.45) is 0 Å². The molecule has 0 aliphatic rings. The van der Waals surface area contributed by atoms with Crippen LogP contribution < -0.4 is 5.32 Å². The van der Waals surface area contributed by atoms with E-state index < -0.39 is 0 Å². The van der Waals surface area contributed by atoms with Crippen LogP contribution in [0, 0.1) is 0 Å². The summed E-state index contributed by atoms with van der Waals surface area (Å²) in [5.74, 6) is 0. The van der Waals surface area contributed by atoms with Crippen molar-refractivity contribution in [1.29, 1.82) is 0 Å². The molecule has 0 aromatic heterocycles. The first-order valence-electron chi connectivity index (χ1n) is 4.62. The minimum atomic E-state index is -0.142. The summed E-state index contributed by atoms with van der Waals surface area (Å²) in [4.78, 5) is 0. The largest absolute Gasteiger partial charge is 0.394 e. The van der Waals surface area contributed by atoms with Gasteiger partial charge in [0.15, 0.2) is 0 Å². The monoisotopic (exact) mass is 175 g/mol. The molecule has 0 radical (unpaired) electrons. The van der Waals surface area contributed by atoms with Gasteiger partial charge in [0.1, 0.15) is 0 Å². The van der Waals surface area contributed by atoms with Crippen LogP contribution >= 0.6 is 0 Å². The fourth-order valence-electron chi connectivity index (χ4n) is 0.862. The summed E-state index contributed by atoms with van der Waals surface area (Å²) < 4.78 is 5.17. The van der Waals surface area contributed by atoms with Gasteiger partial charge in [-0.3, -0.25) is 0 Å². The normalized spacial score (nSPS) is 16.0. The van der Waals surface area contributed by atoms with Crippen molar-refractivity contribution in [3.8, 4) is 0 Å². The maximum atomic E-state index is 9.04. The number of hydrogen-bond donors (Lipinski definition) is 2. The third-order valence-electron chi connectivity index (χ3n) is 2.13. The molecule has 2 N–H and O–H groups in total. The molecular formula is C9H21NO2. The smallest absolute Gasteiger partial charge is 0.0610 e. The van der Waals surface area contributed by atoms with Gasteiger partial charge in [-0.1, -0.05) is 6.92 Å². The minimum absolute atomic E-state index is 0.142. The Morgan fingerprint density at radius 2 is 2.08 bits per heavy atom. The van der Waals surface area contributed by atoms with E-state index in [0.29, 0.717) is 6.61 Å². The Balaban J connectivity index is 3.45. The lowest BCUT2D eigenvalue weighted by atomic mass is 10.0. The highest BCUT2D eigenvalue weighted by molar-refractivity contribution is 4.79. The molecule has 0 aromatic carbocycles. The van der Waals surface area contributed by atoms with Crippen LogP contribution in [0.4, 0.5) is 0 Å². The summed E-state index contributed by atoms with van der Waals surface area (Å²) in [6.07, 6.45) is 0.926. The zero-order chi connectivity index (χ0) is 9.45. The Hall–Kier alpha value is -0.120. The van der Waals surface area contributed by atoms with Gasteiger partial charge in [-0.05, 0) is 20.3 Å². The Bertz CT molecular complexity index is 103. The molecule has 74 valence electrons. The third kappa shape index (κ3) is 4.70. The highest BCUT2D eigenvalue weighted by Gasteiger charge is 2.18. The molecule has 12 heavy (non-hydrogen) atoms. The lowest BCUT2D eigenvalue weighted by molar-refractivity contribution is 0.123. The SMILES string of the molecule is CCOCCNC(C)(CC)CO. The van der Waals surface area contributed by atoms with E-state index in [0.717, 1.165) is 19.6 Å². The lowest BCUT2D eigenvalue weighted by Gasteiger charge is -2.27. The molecule has 0 heterocycles. The lowest BCUT2D eigenvalue weighted by Crippen LogP contribution is -2.46. The fourth-order valence-corrected chi connectivity index (χ4v) is 0.862. The number of nitrogens with one attached hydrogen (secondary N) is 1. The van der Waals surface area contributed by atoms with Crippen LogP contribution in [0.15, 0.2) is 0 Å². The molecule has 0 fully saturated rings. The summed E-state index contributed by atoms with van der Waals surface area (Å²) in [5, 5.41) is 12.3. The molecule has 0 spiro atoms. The van der Waals surface area contributed by atoms with Gasteiger partial charge in [-0.2, -0.15) is 0 Å². The third-order valence-corrected chi connectivity index (χ3v) is 2.13. The number of hydrogen-bond acceptors (Lipinski definition) is 3. The topological polar surface area (TPSA) is 41.5 Å². The zero-order valence-corrected chi connectivity index (χ0v) is 8.39. The van der Waals surface area contributed by atoms with Gasteiger partial charge < -0.3 is 15.2 Å². The molecule has 0 amide bonds. The van der Waals surface area contributed by atoms with Gasteiger partial charge in [0.05, 0.1) is 13.2 Å². The Kier molecular flexibility index (Phi) is 6.34. The summed E-state index contributed by atoms with van der Waals surface area (Å²) in [5.41, 5.74) is -0.142. The summed E-state index contributed by atoms with van der Waals surface area (Å²) in [6.45, 7) is 8.50. The molecule has 0 saturated carbocycles. The van der Waals surface area contributed by atoms with E-state index in [1.807, 2.05) is 13.8 Å². The Morgan fingerprint density at radius 1 is 1.42 bits per heavy atom. The van der Waals surface area contributed by atoms with E-state index in [1.165, 1.54) is 0 Å². The van der Waals surface area contributed by atoms with Crippen LogP contribution in [0.3, 0.4) is 0 Å². The van der Waals surface area contributed by atoms with Gasteiger partial charge in [-0.15, -0.1) is 0 Å².